The smallest absolute Gasteiger partial charge is 0.141 e. The van der Waals surface area contributed by atoms with Gasteiger partial charge in [-0.2, -0.15) is 0 Å². The van der Waals surface area contributed by atoms with E-state index in [4.69, 9.17) is 11.6 Å². The fraction of sp³-hybridized carbons (Fsp3) is 0.500. The maximum Gasteiger partial charge on any atom is 0.141 e. The highest BCUT2D eigenvalue weighted by Gasteiger charge is 2.28. The summed E-state index contributed by atoms with van der Waals surface area (Å²) in [4.78, 5) is 0. The van der Waals surface area contributed by atoms with Gasteiger partial charge >= 0.3 is 0 Å². The first-order valence-corrected chi connectivity index (χ1v) is 5.66. The van der Waals surface area contributed by atoms with Gasteiger partial charge in [-0.25, -0.2) is 4.39 Å². The van der Waals surface area contributed by atoms with E-state index >= 15 is 0 Å². The molecular weight excluding hydrogens is 213 g/mol. The molecule has 0 aliphatic carbocycles. The zero-order chi connectivity index (χ0) is 10.9. The third-order valence-electron chi connectivity index (χ3n) is 3.04. The minimum absolute atomic E-state index is 0.154. The molecule has 0 radical (unpaired) electrons. The summed E-state index contributed by atoms with van der Waals surface area (Å²) in [5.74, 6) is -0.343. The maximum atomic E-state index is 13.0. The molecule has 0 spiro atoms. The van der Waals surface area contributed by atoms with Gasteiger partial charge in [-0.15, -0.1) is 0 Å². The van der Waals surface area contributed by atoms with Crippen LogP contribution in [-0.2, 0) is 6.42 Å². The predicted molar refractivity (Wildman–Crippen MR) is 60.8 cm³/mol. The molecular formula is C12H15ClFN. The molecule has 3 heteroatoms. The third kappa shape index (κ3) is 2.50. The lowest BCUT2D eigenvalue weighted by Gasteiger charge is -2.24. The van der Waals surface area contributed by atoms with Gasteiger partial charge in [0.15, 0.2) is 0 Å². The van der Waals surface area contributed by atoms with Crippen LogP contribution in [0.3, 0.4) is 0 Å². The molecule has 1 saturated heterocycles. The summed E-state index contributed by atoms with van der Waals surface area (Å²) in [5, 5.41) is 3.70. The van der Waals surface area contributed by atoms with Crippen molar-refractivity contribution >= 4 is 11.6 Å². The quantitative estimate of drug-likeness (QED) is 0.819. The molecule has 0 bridgehead atoms. The molecule has 1 aliphatic heterocycles. The Balaban J connectivity index is 2.13. The Hall–Kier alpha value is -0.600. The number of hydrogen-bond acceptors (Lipinski definition) is 1. The molecule has 0 saturated carbocycles. The second kappa shape index (κ2) is 4.11. The molecule has 1 aliphatic rings. The molecule has 1 fully saturated rings. The van der Waals surface area contributed by atoms with Crippen molar-refractivity contribution in [2.75, 3.05) is 6.54 Å². The summed E-state index contributed by atoms with van der Waals surface area (Å²) < 4.78 is 13.0. The van der Waals surface area contributed by atoms with Crippen molar-refractivity contribution in [3.63, 3.8) is 0 Å². The lowest BCUT2D eigenvalue weighted by molar-refractivity contribution is 0.412. The van der Waals surface area contributed by atoms with Gasteiger partial charge in [-0.1, -0.05) is 17.7 Å². The van der Waals surface area contributed by atoms with Crippen molar-refractivity contribution in [3.8, 4) is 0 Å². The van der Waals surface area contributed by atoms with E-state index in [2.05, 4.69) is 12.2 Å². The Labute approximate surface area is 94.6 Å². The first kappa shape index (κ1) is 10.9. The summed E-state index contributed by atoms with van der Waals surface area (Å²) in [7, 11) is 0. The fourth-order valence-corrected chi connectivity index (χ4v) is 2.41. The van der Waals surface area contributed by atoms with Crippen molar-refractivity contribution in [2.45, 2.75) is 31.7 Å². The summed E-state index contributed by atoms with van der Waals surface area (Å²) in [6, 6.07) is 4.98. The first-order chi connectivity index (χ1) is 7.09. The Kier molecular flexibility index (Phi) is 2.98. The predicted octanol–water partition coefficient (Wildman–Crippen LogP) is 3.16. The lowest BCUT2D eigenvalue weighted by Crippen LogP contribution is -2.38. The van der Waals surface area contributed by atoms with Crippen LogP contribution in [0.5, 0.6) is 0 Å². The SMILES string of the molecule is CC1(Cc2ccc(F)c(Cl)c2)CCCN1. The van der Waals surface area contributed by atoms with Crippen molar-refractivity contribution in [2.24, 2.45) is 0 Å². The molecule has 82 valence electrons. The fourth-order valence-electron chi connectivity index (χ4n) is 2.21. The second-order valence-electron chi connectivity index (χ2n) is 4.52. The lowest BCUT2D eigenvalue weighted by atomic mass is 9.91. The second-order valence-corrected chi connectivity index (χ2v) is 4.92. The Bertz CT molecular complexity index is 359. The molecule has 1 nitrogen and oxygen atoms in total. The average molecular weight is 228 g/mol. The van der Waals surface area contributed by atoms with Crippen LogP contribution >= 0.6 is 11.6 Å². The largest absolute Gasteiger partial charge is 0.311 e. The molecule has 2 rings (SSSR count). The number of hydrogen-bond donors (Lipinski definition) is 1. The number of halogens is 2. The highest BCUT2D eigenvalue weighted by atomic mass is 35.5. The van der Waals surface area contributed by atoms with Crippen molar-refractivity contribution < 1.29 is 4.39 Å². The van der Waals surface area contributed by atoms with Gasteiger partial charge in [0, 0.05) is 5.54 Å². The highest BCUT2D eigenvalue weighted by molar-refractivity contribution is 6.30. The van der Waals surface area contributed by atoms with Gasteiger partial charge in [0.1, 0.15) is 5.82 Å². The van der Waals surface area contributed by atoms with Crippen LogP contribution in [0, 0.1) is 5.82 Å². The van der Waals surface area contributed by atoms with Gasteiger partial charge in [0.25, 0.3) is 0 Å². The summed E-state index contributed by atoms with van der Waals surface area (Å²) in [5.41, 5.74) is 1.25. The van der Waals surface area contributed by atoms with Crippen LogP contribution in [0.4, 0.5) is 4.39 Å². The standard InChI is InChI=1S/C12H15ClFN/c1-12(5-2-6-15-12)8-9-3-4-11(14)10(13)7-9/h3-4,7,15H,2,5-6,8H2,1H3. The van der Waals surface area contributed by atoms with Crippen LogP contribution in [0.1, 0.15) is 25.3 Å². The minimum Gasteiger partial charge on any atom is -0.311 e. The van der Waals surface area contributed by atoms with Crippen LogP contribution in [-0.4, -0.2) is 12.1 Å². The first-order valence-electron chi connectivity index (χ1n) is 5.28. The Morgan fingerprint density at radius 2 is 2.33 bits per heavy atom. The molecule has 1 aromatic rings. The Morgan fingerprint density at radius 1 is 1.53 bits per heavy atom. The van der Waals surface area contributed by atoms with E-state index in [1.54, 1.807) is 6.07 Å². The van der Waals surface area contributed by atoms with Crippen LogP contribution in [0.15, 0.2) is 18.2 Å². The number of benzene rings is 1. The maximum absolute atomic E-state index is 13.0. The van der Waals surface area contributed by atoms with E-state index in [9.17, 15) is 4.39 Å². The zero-order valence-corrected chi connectivity index (χ0v) is 9.57. The zero-order valence-electron chi connectivity index (χ0n) is 8.82. The minimum atomic E-state index is -0.343. The molecule has 0 amide bonds. The summed E-state index contributed by atoms with van der Waals surface area (Å²) >= 11 is 5.75. The van der Waals surface area contributed by atoms with E-state index in [1.807, 2.05) is 6.07 Å². The van der Waals surface area contributed by atoms with Gasteiger partial charge in [-0.05, 0) is 50.4 Å². The van der Waals surface area contributed by atoms with E-state index in [-0.39, 0.29) is 16.4 Å². The highest BCUT2D eigenvalue weighted by Crippen LogP contribution is 2.25. The Morgan fingerprint density at radius 3 is 2.93 bits per heavy atom. The monoisotopic (exact) mass is 227 g/mol. The summed E-state index contributed by atoms with van der Waals surface area (Å²) in [6.45, 7) is 3.28. The van der Waals surface area contributed by atoms with Crippen molar-refractivity contribution in [1.82, 2.24) is 5.32 Å². The van der Waals surface area contributed by atoms with Gasteiger partial charge in [0.2, 0.25) is 0 Å². The van der Waals surface area contributed by atoms with Crippen LogP contribution in [0.25, 0.3) is 0 Å². The van der Waals surface area contributed by atoms with Crippen LogP contribution < -0.4 is 5.32 Å². The molecule has 15 heavy (non-hydrogen) atoms. The normalized spacial score (nSPS) is 25.8. The van der Waals surface area contributed by atoms with Crippen LogP contribution in [0.2, 0.25) is 5.02 Å². The molecule has 1 aromatic carbocycles. The topological polar surface area (TPSA) is 12.0 Å². The summed E-state index contributed by atoms with van der Waals surface area (Å²) in [6.07, 6.45) is 3.29. The third-order valence-corrected chi connectivity index (χ3v) is 3.33. The van der Waals surface area contributed by atoms with Crippen molar-refractivity contribution in [3.05, 3.63) is 34.6 Å². The van der Waals surface area contributed by atoms with E-state index in [0.29, 0.717) is 0 Å². The van der Waals surface area contributed by atoms with E-state index in [1.165, 1.54) is 18.9 Å². The van der Waals surface area contributed by atoms with E-state index < -0.39 is 0 Å². The van der Waals surface area contributed by atoms with Gasteiger partial charge < -0.3 is 5.32 Å². The molecule has 1 heterocycles. The number of rotatable bonds is 2. The van der Waals surface area contributed by atoms with E-state index in [0.717, 1.165) is 18.5 Å². The van der Waals surface area contributed by atoms with Crippen molar-refractivity contribution in [1.29, 1.82) is 0 Å². The number of nitrogens with one attached hydrogen (secondary N) is 1. The average Bonchev–Trinajstić information content (AvgIpc) is 2.59. The molecule has 0 aromatic heterocycles. The molecule has 1 unspecified atom stereocenters. The van der Waals surface area contributed by atoms with Gasteiger partial charge in [0.05, 0.1) is 5.02 Å². The molecule has 1 atom stereocenters. The van der Waals surface area contributed by atoms with Gasteiger partial charge in [-0.3, -0.25) is 0 Å². The molecule has 1 N–H and O–H groups in total.